The van der Waals surface area contributed by atoms with Gasteiger partial charge in [0.1, 0.15) is 0 Å². The molecule has 2 aromatic rings. The Morgan fingerprint density at radius 2 is 2.32 bits per heavy atom. The van der Waals surface area contributed by atoms with Crippen LogP contribution < -0.4 is 10.1 Å². The molecular formula is C12H14ClN3O3. The van der Waals surface area contributed by atoms with Gasteiger partial charge >= 0.3 is 0 Å². The van der Waals surface area contributed by atoms with E-state index in [1.807, 2.05) is 0 Å². The van der Waals surface area contributed by atoms with Gasteiger partial charge in [0.25, 0.3) is 0 Å². The Morgan fingerprint density at radius 3 is 3.00 bits per heavy atom. The lowest BCUT2D eigenvalue weighted by atomic mass is 10.2. The number of halogens is 1. The molecule has 0 amide bonds. The lowest BCUT2D eigenvalue weighted by Crippen LogP contribution is -2.17. The highest BCUT2D eigenvalue weighted by Gasteiger charge is 2.09. The lowest BCUT2D eigenvalue weighted by Gasteiger charge is -2.10. The molecule has 2 N–H and O–H groups in total. The maximum absolute atomic E-state index is 9.93. The Hall–Kier alpha value is -1.79. The van der Waals surface area contributed by atoms with Crippen molar-refractivity contribution in [1.82, 2.24) is 15.5 Å². The van der Waals surface area contributed by atoms with E-state index in [9.17, 15) is 5.11 Å². The average Bonchev–Trinajstić information content (AvgIpc) is 2.91. The molecule has 0 fully saturated rings. The van der Waals surface area contributed by atoms with Gasteiger partial charge in [0.15, 0.2) is 17.3 Å². The second-order valence-electron chi connectivity index (χ2n) is 3.89. The number of methoxy groups -OCH3 is 1. The van der Waals surface area contributed by atoms with E-state index in [2.05, 4.69) is 20.0 Å². The minimum atomic E-state index is 0.0963. The fourth-order valence-corrected chi connectivity index (χ4v) is 1.88. The van der Waals surface area contributed by atoms with Crippen LogP contribution in [0.5, 0.6) is 11.5 Å². The third kappa shape index (κ3) is 3.59. The van der Waals surface area contributed by atoms with Crippen molar-refractivity contribution >= 4 is 11.6 Å². The predicted molar refractivity (Wildman–Crippen MR) is 69.4 cm³/mol. The molecule has 0 aliphatic heterocycles. The number of ether oxygens (including phenoxy) is 1. The van der Waals surface area contributed by atoms with Crippen molar-refractivity contribution in [1.29, 1.82) is 0 Å². The lowest BCUT2D eigenvalue weighted by molar-refractivity contribution is 0.369. The Bertz CT molecular complexity index is 531. The van der Waals surface area contributed by atoms with Crippen LogP contribution in [0.25, 0.3) is 0 Å². The van der Waals surface area contributed by atoms with Gasteiger partial charge in [0.05, 0.1) is 7.11 Å². The molecule has 0 unspecified atom stereocenters. The Labute approximate surface area is 115 Å². The van der Waals surface area contributed by atoms with Crippen molar-refractivity contribution in [3.05, 3.63) is 34.9 Å². The van der Waals surface area contributed by atoms with E-state index in [1.165, 1.54) is 13.5 Å². The monoisotopic (exact) mass is 283 g/mol. The standard InChI is InChI=1S/C12H14ClN3O3/c1-18-10-5-9(13)4-8(12(10)17)6-14-3-2-11-15-7-19-16-11/h4-5,7,14,17H,2-3,6H2,1H3. The van der Waals surface area contributed by atoms with E-state index in [-0.39, 0.29) is 5.75 Å². The fraction of sp³-hybridized carbons (Fsp3) is 0.333. The average molecular weight is 284 g/mol. The van der Waals surface area contributed by atoms with Crippen molar-refractivity contribution in [3.63, 3.8) is 0 Å². The number of phenolic OH excluding ortho intramolecular Hbond substituents is 1. The van der Waals surface area contributed by atoms with Crippen LogP contribution in [0.3, 0.4) is 0 Å². The number of hydrogen-bond acceptors (Lipinski definition) is 6. The summed E-state index contributed by atoms with van der Waals surface area (Å²) in [4.78, 5) is 3.91. The van der Waals surface area contributed by atoms with Gasteiger partial charge in [-0.2, -0.15) is 4.98 Å². The first-order valence-electron chi connectivity index (χ1n) is 5.72. The summed E-state index contributed by atoms with van der Waals surface area (Å²) >= 11 is 5.94. The summed E-state index contributed by atoms with van der Waals surface area (Å²) in [5.74, 6) is 1.10. The van der Waals surface area contributed by atoms with Crippen molar-refractivity contribution in [2.24, 2.45) is 0 Å². The number of nitrogens with zero attached hydrogens (tertiary/aromatic N) is 2. The Morgan fingerprint density at radius 1 is 1.47 bits per heavy atom. The number of rotatable bonds is 6. The van der Waals surface area contributed by atoms with Crippen molar-refractivity contribution in [2.45, 2.75) is 13.0 Å². The summed E-state index contributed by atoms with van der Waals surface area (Å²) in [7, 11) is 1.48. The molecular weight excluding hydrogens is 270 g/mol. The quantitative estimate of drug-likeness (QED) is 0.787. The second-order valence-corrected chi connectivity index (χ2v) is 4.33. The van der Waals surface area contributed by atoms with Crippen LogP contribution in [0.4, 0.5) is 0 Å². The molecule has 6 nitrogen and oxygen atoms in total. The highest BCUT2D eigenvalue weighted by molar-refractivity contribution is 6.30. The molecule has 102 valence electrons. The molecule has 0 radical (unpaired) electrons. The summed E-state index contributed by atoms with van der Waals surface area (Å²) in [6.07, 6.45) is 1.94. The fourth-order valence-electron chi connectivity index (χ4n) is 1.64. The zero-order chi connectivity index (χ0) is 13.7. The summed E-state index contributed by atoms with van der Waals surface area (Å²) in [5.41, 5.74) is 0.678. The van der Waals surface area contributed by atoms with Gasteiger partial charge in [-0.15, -0.1) is 0 Å². The van der Waals surface area contributed by atoms with Crippen molar-refractivity contribution < 1.29 is 14.4 Å². The number of aromatic nitrogens is 2. The molecule has 7 heteroatoms. The van der Waals surface area contributed by atoms with Gasteiger partial charge in [-0.25, -0.2) is 0 Å². The van der Waals surface area contributed by atoms with Crippen molar-refractivity contribution in [2.75, 3.05) is 13.7 Å². The summed E-state index contributed by atoms with van der Waals surface area (Å²) in [6, 6.07) is 3.26. The largest absolute Gasteiger partial charge is 0.504 e. The first-order valence-corrected chi connectivity index (χ1v) is 6.10. The maximum Gasteiger partial charge on any atom is 0.213 e. The van der Waals surface area contributed by atoms with Gasteiger partial charge in [0, 0.05) is 36.2 Å². The molecule has 2 rings (SSSR count). The van der Waals surface area contributed by atoms with E-state index in [1.54, 1.807) is 12.1 Å². The van der Waals surface area contributed by atoms with Crippen molar-refractivity contribution in [3.8, 4) is 11.5 Å². The molecule has 0 spiro atoms. The van der Waals surface area contributed by atoms with E-state index in [0.29, 0.717) is 41.7 Å². The third-order valence-corrected chi connectivity index (χ3v) is 2.80. The molecule has 0 atom stereocenters. The second kappa shape index (κ2) is 6.40. The van der Waals surface area contributed by atoms with Crippen LogP contribution in [0.1, 0.15) is 11.4 Å². The first-order chi connectivity index (χ1) is 9.20. The SMILES string of the molecule is COc1cc(Cl)cc(CNCCc2ncon2)c1O. The van der Waals surface area contributed by atoms with E-state index in [4.69, 9.17) is 16.3 Å². The molecule has 0 saturated carbocycles. The maximum atomic E-state index is 9.93. The first kappa shape index (κ1) is 13.6. The molecule has 1 aromatic carbocycles. The number of benzene rings is 1. The molecule has 1 heterocycles. The van der Waals surface area contributed by atoms with E-state index >= 15 is 0 Å². The minimum absolute atomic E-state index is 0.0963. The molecule has 0 saturated heterocycles. The number of hydrogen-bond donors (Lipinski definition) is 2. The summed E-state index contributed by atoms with van der Waals surface area (Å²) in [5, 5.41) is 17.3. The van der Waals surface area contributed by atoms with E-state index in [0.717, 1.165) is 0 Å². The topological polar surface area (TPSA) is 80.4 Å². The number of nitrogens with one attached hydrogen (secondary N) is 1. The molecule has 0 aliphatic rings. The van der Waals surface area contributed by atoms with Crippen LogP contribution in [0.2, 0.25) is 5.02 Å². The molecule has 1 aromatic heterocycles. The molecule has 0 aliphatic carbocycles. The van der Waals surface area contributed by atoms with Crippen LogP contribution in [-0.2, 0) is 13.0 Å². The normalized spacial score (nSPS) is 10.6. The Kier molecular flexibility index (Phi) is 4.59. The Balaban J connectivity index is 1.90. The van der Waals surface area contributed by atoms with Crippen LogP contribution in [-0.4, -0.2) is 28.9 Å². The zero-order valence-electron chi connectivity index (χ0n) is 10.4. The third-order valence-electron chi connectivity index (χ3n) is 2.59. The predicted octanol–water partition coefficient (Wildman–Crippen LogP) is 1.77. The molecule has 19 heavy (non-hydrogen) atoms. The van der Waals surface area contributed by atoms with Gasteiger partial charge in [-0.3, -0.25) is 0 Å². The van der Waals surface area contributed by atoms with Gasteiger partial charge in [-0.05, 0) is 6.07 Å². The minimum Gasteiger partial charge on any atom is -0.504 e. The van der Waals surface area contributed by atoms with Gasteiger partial charge < -0.3 is 19.7 Å². The van der Waals surface area contributed by atoms with Gasteiger partial charge in [0.2, 0.25) is 6.39 Å². The number of aromatic hydroxyl groups is 1. The summed E-state index contributed by atoms with van der Waals surface area (Å²) in [6.45, 7) is 1.13. The number of phenols is 1. The van der Waals surface area contributed by atoms with E-state index < -0.39 is 0 Å². The zero-order valence-corrected chi connectivity index (χ0v) is 11.1. The highest BCUT2D eigenvalue weighted by atomic mass is 35.5. The smallest absolute Gasteiger partial charge is 0.213 e. The molecule has 0 bridgehead atoms. The van der Waals surface area contributed by atoms with Crippen LogP contribution in [0.15, 0.2) is 23.0 Å². The van der Waals surface area contributed by atoms with Crippen LogP contribution >= 0.6 is 11.6 Å². The van der Waals surface area contributed by atoms with Gasteiger partial charge in [-0.1, -0.05) is 16.8 Å². The van der Waals surface area contributed by atoms with Crippen LogP contribution in [0, 0.1) is 0 Å². The summed E-state index contributed by atoms with van der Waals surface area (Å²) < 4.78 is 9.67. The highest BCUT2D eigenvalue weighted by Crippen LogP contribution is 2.33.